The van der Waals surface area contributed by atoms with E-state index in [0.717, 1.165) is 11.4 Å². The molecule has 0 bridgehead atoms. The second kappa shape index (κ2) is 10.8. The second-order valence-electron chi connectivity index (χ2n) is 8.82. The average Bonchev–Trinajstić information content (AvgIpc) is 3.42. The van der Waals surface area contributed by atoms with Gasteiger partial charge in [-0.2, -0.15) is 5.10 Å². The predicted molar refractivity (Wildman–Crippen MR) is 143 cm³/mol. The zero-order valence-electron chi connectivity index (χ0n) is 21.6. The summed E-state index contributed by atoms with van der Waals surface area (Å²) in [5, 5.41) is 4.74. The summed E-state index contributed by atoms with van der Waals surface area (Å²) in [4.78, 5) is 17.9. The van der Waals surface area contributed by atoms with Gasteiger partial charge in [-0.25, -0.2) is 9.07 Å². The molecular formula is C29H29FN4O4. The third kappa shape index (κ3) is 4.87. The van der Waals surface area contributed by atoms with E-state index in [0.29, 0.717) is 60.3 Å². The first-order valence-corrected chi connectivity index (χ1v) is 12.3. The molecular weight excluding hydrogens is 487 g/mol. The van der Waals surface area contributed by atoms with Crippen molar-refractivity contribution in [1.82, 2.24) is 14.7 Å². The summed E-state index contributed by atoms with van der Waals surface area (Å²) in [6, 6.07) is 21.0. The van der Waals surface area contributed by atoms with Crippen molar-refractivity contribution in [3.05, 3.63) is 84.3 Å². The van der Waals surface area contributed by atoms with E-state index >= 15 is 0 Å². The molecule has 1 aromatic heterocycles. The molecule has 0 atom stereocenters. The minimum absolute atomic E-state index is 0.153. The Balaban J connectivity index is 1.46. The number of aromatic nitrogens is 2. The van der Waals surface area contributed by atoms with E-state index in [1.807, 2.05) is 41.3 Å². The fourth-order valence-electron chi connectivity index (χ4n) is 4.66. The van der Waals surface area contributed by atoms with Crippen LogP contribution in [0.1, 0.15) is 10.5 Å². The quantitative estimate of drug-likeness (QED) is 0.356. The van der Waals surface area contributed by atoms with Gasteiger partial charge in [0.25, 0.3) is 5.91 Å². The van der Waals surface area contributed by atoms with Crippen LogP contribution in [0.2, 0.25) is 0 Å². The van der Waals surface area contributed by atoms with Crippen molar-refractivity contribution < 1.29 is 23.4 Å². The molecule has 4 aromatic rings. The molecule has 2 heterocycles. The first kappa shape index (κ1) is 25.1. The highest BCUT2D eigenvalue weighted by Crippen LogP contribution is 2.34. The Morgan fingerprint density at radius 1 is 0.816 bits per heavy atom. The van der Waals surface area contributed by atoms with Gasteiger partial charge in [0.1, 0.15) is 28.8 Å². The van der Waals surface area contributed by atoms with E-state index in [4.69, 9.17) is 19.3 Å². The molecule has 1 aliphatic rings. The summed E-state index contributed by atoms with van der Waals surface area (Å²) in [6.07, 6.45) is 0. The highest BCUT2D eigenvalue weighted by Gasteiger charge is 2.28. The minimum Gasteiger partial charge on any atom is -0.497 e. The fraction of sp³-hybridized carbons (Fsp3) is 0.241. The summed E-state index contributed by atoms with van der Waals surface area (Å²) >= 11 is 0. The molecule has 0 N–H and O–H groups in total. The summed E-state index contributed by atoms with van der Waals surface area (Å²) in [7, 11) is 4.81. The maximum absolute atomic E-state index is 13.8. The molecule has 3 aromatic carbocycles. The van der Waals surface area contributed by atoms with Crippen LogP contribution in [0.15, 0.2) is 72.8 Å². The number of carbonyl (C=O) groups excluding carboxylic acids is 1. The van der Waals surface area contributed by atoms with Crippen LogP contribution in [0.4, 0.5) is 10.1 Å². The van der Waals surface area contributed by atoms with E-state index in [2.05, 4.69) is 4.90 Å². The van der Waals surface area contributed by atoms with Crippen LogP contribution in [0.25, 0.3) is 16.9 Å². The monoisotopic (exact) mass is 516 g/mol. The molecule has 1 fully saturated rings. The summed E-state index contributed by atoms with van der Waals surface area (Å²) in [5.74, 6) is 1.50. The molecule has 38 heavy (non-hydrogen) atoms. The number of hydrogen-bond acceptors (Lipinski definition) is 6. The Bertz CT molecular complexity index is 1430. The van der Waals surface area contributed by atoms with Crippen molar-refractivity contribution >= 4 is 11.6 Å². The number of benzene rings is 3. The van der Waals surface area contributed by atoms with Crippen molar-refractivity contribution in [1.29, 1.82) is 0 Å². The number of halogens is 1. The fourth-order valence-corrected chi connectivity index (χ4v) is 4.66. The highest BCUT2D eigenvalue weighted by atomic mass is 19.1. The average molecular weight is 517 g/mol. The van der Waals surface area contributed by atoms with E-state index in [1.165, 1.54) is 12.1 Å². The van der Waals surface area contributed by atoms with Gasteiger partial charge in [0, 0.05) is 37.8 Å². The molecule has 1 amide bonds. The van der Waals surface area contributed by atoms with E-state index in [1.54, 1.807) is 50.3 Å². The van der Waals surface area contributed by atoms with Gasteiger partial charge in [-0.15, -0.1) is 0 Å². The maximum atomic E-state index is 13.8. The number of nitrogens with zero attached hydrogens (tertiary/aromatic N) is 4. The van der Waals surface area contributed by atoms with Crippen LogP contribution in [0.5, 0.6) is 17.2 Å². The smallest absolute Gasteiger partial charge is 0.272 e. The molecule has 196 valence electrons. The van der Waals surface area contributed by atoms with Crippen LogP contribution < -0.4 is 19.1 Å². The van der Waals surface area contributed by atoms with Gasteiger partial charge in [0.15, 0.2) is 0 Å². The van der Waals surface area contributed by atoms with Crippen molar-refractivity contribution in [2.24, 2.45) is 0 Å². The Morgan fingerprint density at radius 2 is 1.53 bits per heavy atom. The SMILES string of the molecule is COc1ccc(-c2cc(C(=O)N3CCN(c4ccccc4OC)CC3)n(-c3ccc(F)cc3)n2)c(OC)c1. The van der Waals surface area contributed by atoms with Crippen LogP contribution in [0.3, 0.4) is 0 Å². The number of hydrogen-bond donors (Lipinski definition) is 0. The number of para-hydroxylation sites is 2. The number of anilines is 1. The number of methoxy groups -OCH3 is 3. The minimum atomic E-state index is -0.363. The summed E-state index contributed by atoms with van der Waals surface area (Å²) in [5.41, 5.74) is 3.25. The number of carbonyl (C=O) groups is 1. The molecule has 1 aliphatic heterocycles. The van der Waals surface area contributed by atoms with Gasteiger partial charge in [0.2, 0.25) is 0 Å². The Kier molecular flexibility index (Phi) is 7.17. The standard InChI is InChI=1S/C29H29FN4O4/c1-36-22-12-13-23(28(18-22)38-3)24-19-26(34(31-24)21-10-8-20(30)9-11-21)29(35)33-16-14-32(15-17-33)25-6-4-5-7-27(25)37-2/h4-13,18-19H,14-17H2,1-3H3. The number of rotatable bonds is 7. The van der Waals surface area contributed by atoms with Crippen molar-refractivity contribution in [2.45, 2.75) is 0 Å². The zero-order chi connectivity index (χ0) is 26.6. The van der Waals surface area contributed by atoms with E-state index in [9.17, 15) is 9.18 Å². The molecule has 0 aliphatic carbocycles. The predicted octanol–water partition coefficient (Wildman–Crippen LogP) is 4.67. The van der Waals surface area contributed by atoms with Crippen LogP contribution >= 0.6 is 0 Å². The first-order chi connectivity index (χ1) is 18.5. The largest absolute Gasteiger partial charge is 0.497 e. The Hall–Kier alpha value is -4.53. The maximum Gasteiger partial charge on any atom is 0.272 e. The van der Waals surface area contributed by atoms with Crippen LogP contribution in [-0.2, 0) is 0 Å². The van der Waals surface area contributed by atoms with Gasteiger partial charge >= 0.3 is 0 Å². The van der Waals surface area contributed by atoms with E-state index in [-0.39, 0.29) is 11.7 Å². The number of piperazine rings is 1. The summed E-state index contributed by atoms with van der Waals surface area (Å²) in [6.45, 7) is 2.39. The lowest BCUT2D eigenvalue weighted by Gasteiger charge is -2.36. The number of ether oxygens (including phenoxy) is 3. The molecule has 0 radical (unpaired) electrons. The first-order valence-electron chi connectivity index (χ1n) is 12.3. The molecule has 8 nitrogen and oxygen atoms in total. The van der Waals surface area contributed by atoms with Gasteiger partial charge in [0.05, 0.1) is 38.4 Å². The van der Waals surface area contributed by atoms with Crippen molar-refractivity contribution in [2.75, 3.05) is 52.4 Å². The molecule has 9 heteroatoms. The topological polar surface area (TPSA) is 69.1 Å². The van der Waals surface area contributed by atoms with Crippen LogP contribution in [0, 0.1) is 5.82 Å². The van der Waals surface area contributed by atoms with Crippen LogP contribution in [-0.4, -0.2) is 68.1 Å². The molecule has 5 rings (SSSR count). The Labute approximate surface area is 220 Å². The summed E-state index contributed by atoms with van der Waals surface area (Å²) < 4.78 is 31.6. The highest BCUT2D eigenvalue weighted by molar-refractivity contribution is 5.95. The van der Waals surface area contributed by atoms with Gasteiger partial charge in [-0.05, 0) is 54.6 Å². The lowest BCUT2D eigenvalue weighted by Crippen LogP contribution is -2.49. The van der Waals surface area contributed by atoms with Crippen molar-refractivity contribution in [3.63, 3.8) is 0 Å². The molecule has 0 saturated carbocycles. The zero-order valence-corrected chi connectivity index (χ0v) is 21.6. The lowest BCUT2D eigenvalue weighted by molar-refractivity contribution is 0.0737. The van der Waals surface area contributed by atoms with Gasteiger partial charge in [-0.1, -0.05) is 12.1 Å². The number of amides is 1. The van der Waals surface area contributed by atoms with Gasteiger partial charge < -0.3 is 24.0 Å². The lowest BCUT2D eigenvalue weighted by atomic mass is 10.1. The van der Waals surface area contributed by atoms with Gasteiger partial charge in [-0.3, -0.25) is 4.79 Å². The third-order valence-electron chi connectivity index (χ3n) is 6.68. The molecule has 0 spiro atoms. The Morgan fingerprint density at radius 3 is 2.21 bits per heavy atom. The molecule has 0 unspecified atom stereocenters. The second-order valence-corrected chi connectivity index (χ2v) is 8.82. The van der Waals surface area contributed by atoms with Crippen molar-refractivity contribution in [3.8, 4) is 34.2 Å². The third-order valence-corrected chi connectivity index (χ3v) is 6.68. The van der Waals surface area contributed by atoms with E-state index < -0.39 is 0 Å². The normalized spacial score (nSPS) is 13.4. The molecule has 1 saturated heterocycles.